The van der Waals surface area contributed by atoms with E-state index in [1.54, 1.807) is 0 Å². The molecule has 3 aromatic rings. The summed E-state index contributed by atoms with van der Waals surface area (Å²) in [6.07, 6.45) is 10.8. The van der Waals surface area contributed by atoms with E-state index in [1.807, 2.05) is 36.5 Å². The predicted molar refractivity (Wildman–Crippen MR) is 215 cm³/mol. The predicted octanol–water partition coefficient (Wildman–Crippen LogP) is 8.56. The quantitative estimate of drug-likeness (QED) is 0.188. The summed E-state index contributed by atoms with van der Waals surface area (Å²) in [5, 5.41) is 14.7. The molecule has 0 radical (unpaired) electrons. The van der Waals surface area contributed by atoms with E-state index in [9.17, 15) is 9.90 Å². The molecule has 0 bridgehead atoms. The molecule has 296 valence electrons. The van der Waals surface area contributed by atoms with Crippen molar-refractivity contribution in [2.75, 3.05) is 58.5 Å². The van der Waals surface area contributed by atoms with Crippen molar-refractivity contribution in [1.29, 1.82) is 0 Å². The van der Waals surface area contributed by atoms with Crippen LogP contribution in [0, 0.1) is 23.7 Å². The van der Waals surface area contributed by atoms with Gasteiger partial charge in [0.1, 0.15) is 11.3 Å². The van der Waals surface area contributed by atoms with Crippen LogP contribution in [0.2, 0.25) is 5.02 Å². The van der Waals surface area contributed by atoms with E-state index >= 15 is 0 Å². The Morgan fingerprint density at radius 3 is 2.58 bits per heavy atom. The van der Waals surface area contributed by atoms with Gasteiger partial charge < -0.3 is 34.3 Å². The number of carbonyl (C=O) groups is 1. The number of halogens is 1. The molecule has 55 heavy (non-hydrogen) atoms. The van der Waals surface area contributed by atoms with Crippen LogP contribution in [0.4, 0.5) is 5.69 Å². The van der Waals surface area contributed by atoms with Gasteiger partial charge in [-0.05, 0) is 148 Å². The highest BCUT2D eigenvalue weighted by Crippen LogP contribution is 2.58. The Hall–Kier alpha value is -3.53. The van der Waals surface area contributed by atoms with Crippen molar-refractivity contribution in [3.63, 3.8) is 0 Å². The summed E-state index contributed by atoms with van der Waals surface area (Å²) in [4.78, 5) is 20.2. The molecule has 1 spiro atoms. The van der Waals surface area contributed by atoms with Crippen molar-refractivity contribution in [3.05, 3.63) is 76.1 Å². The molecule has 3 unspecified atom stereocenters. The Bertz CT molecular complexity index is 1840. The van der Waals surface area contributed by atoms with Crippen LogP contribution >= 0.6 is 11.6 Å². The van der Waals surface area contributed by atoms with Crippen molar-refractivity contribution in [2.45, 2.75) is 94.9 Å². The molecule has 2 aliphatic heterocycles. The molecule has 1 saturated heterocycles. The summed E-state index contributed by atoms with van der Waals surface area (Å²) in [5.41, 5.74) is 4.56. The highest BCUT2D eigenvalue weighted by molar-refractivity contribution is 6.30. The third-order valence-corrected chi connectivity index (χ3v) is 13.7. The van der Waals surface area contributed by atoms with Gasteiger partial charge in [0.05, 0.1) is 26.4 Å². The van der Waals surface area contributed by atoms with Crippen LogP contribution in [0.5, 0.6) is 17.2 Å². The zero-order valence-corrected chi connectivity index (χ0v) is 33.5. The molecule has 1 saturated carbocycles. The molecule has 2 N–H and O–H groups in total. The number of benzene rings is 2. The fourth-order valence-corrected chi connectivity index (χ4v) is 10.8. The maximum atomic E-state index is 13.1. The lowest BCUT2D eigenvalue weighted by atomic mass is 9.59. The minimum atomic E-state index is -1.08. The fourth-order valence-electron chi connectivity index (χ4n) is 10.6. The lowest BCUT2D eigenvalue weighted by molar-refractivity contribution is -0.144. The molecule has 2 fully saturated rings. The number of aromatic nitrogens is 1. The van der Waals surface area contributed by atoms with E-state index in [-0.39, 0.29) is 11.3 Å². The number of pyridine rings is 1. The molecule has 0 amide bonds. The van der Waals surface area contributed by atoms with E-state index in [2.05, 4.69) is 48.2 Å². The average molecular weight is 772 g/mol. The molecule has 10 heteroatoms. The smallest absolute Gasteiger partial charge is 0.329 e. The van der Waals surface area contributed by atoms with Crippen LogP contribution < -0.4 is 19.5 Å². The summed E-state index contributed by atoms with van der Waals surface area (Å²) in [6.45, 7) is 10.1. The number of hydrogen-bond donors (Lipinski definition) is 2. The zero-order valence-electron chi connectivity index (χ0n) is 32.8. The number of anilines is 1. The first-order valence-corrected chi connectivity index (χ1v) is 21.1. The van der Waals surface area contributed by atoms with Crippen molar-refractivity contribution >= 4 is 23.3 Å². The number of aryl methyl sites for hydroxylation is 1. The second kappa shape index (κ2) is 16.1. The van der Waals surface area contributed by atoms with Gasteiger partial charge in [0.15, 0.2) is 11.5 Å². The maximum Gasteiger partial charge on any atom is 0.329 e. The molecule has 3 heterocycles. The van der Waals surface area contributed by atoms with Gasteiger partial charge in [0.25, 0.3) is 0 Å². The van der Waals surface area contributed by atoms with E-state index < -0.39 is 11.5 Å². The number of hydrogen-bond acceptors (Lipinski definition) is 8. The first kappa shape index (κ1) is 38.3. The van der Waals surface area contributed by atoms with E-state index in [4.69, 9.17) is 30.5 Å². The molecule has 2 aromatic carbocycles. The molecular weight excluding hydrogens is 714 g/mol. The van der Waals surface area contributed by atoms with Gasteiger partial charge in [-0.15, -0.1) is 0 Å². The Balaban J connectivity index is 1.02. The lowest BCUT2D eigenvalue weighted by Crippen LogP contribution is -2.53. The molecule has 3 aliphatic carbocycles. The minimum Gasteiger partial charge on any atom is -0.493 e. The van der Waals surface area contributed by atoms with Gasteiger partial charge in [-0.1, -0.05) is 31.5 Å². The fraction of sp³-hybridized carbons (Fsp3) is 0.600. The van der Waals surface area contributed by atoms with Gasteiger partial charge in [0.2, 0.25) is 0 Å². The number of carboxylic acids is 1. The van der Waals surface area contributed by atoms with Crippen LogP contribution in [-0.2, 0) is 27.8 Å². The zero-order chi connectivity index (χ0) is 38.2. The lowest BCUT2D eigenvalue weighted by Gasteiger charge is -2.47. The van der Waals surface area contributed by atoms with Gasteiger partial charge in [0, 0.05) is 53.8 Å². The summed E-state index contributed by atoms with van der Waals surface area (Å²) in [6, 6.07) is 13.9. The van der Waals surface area contributed by atoms with Gasteiger partial charge in [-0.2, -0.15) is 0 Å². The van der Waals surface area contributed by atoms with Crippen LogP contribution in [0.3, 0.4) is 0 Å². The third kappa shape index (κ3) is 8.04. The highest BCUT2D eigenvalue weighted by Gasteiger charge is 2.54. The Morgan fingerprint density at radius 1 is 1.05 bits per heavy atom. The van der Waals surface area contributed by atoms with E-state index in [0.717, 1.165) is 87.8 Å². The number of aliphatic carboxylic acids is 1. The summed E-state index contributed by atoms with van der Waals surface area (Å²) in [5.74, 6) is 3.75. The molecule has 8 rings (SSSR count). The number of ether oxygens (including phenoxy) is 4. The Labute approximate surface area is 331 Å². The number of nitrogens with zero attached hydrogens (tertiary/aromatic N) is 2. The molecular formula is C45H58ClN3O6. The molecule has 1 aromatic heterocycles. The number of fused-ring (bicyclic) bond motifs is 4. The Kier molecular flexibility index (Phi) is 11.3. The van der Waals surface area contributed by atoms with Crippen LogP contribution in [0.25, 0.3) is 0 Å². The largest absolute Gasteiger partial charge is 0.493 e. The normalized spacial score (nSPS) is 29.0. The van der Waals surface area contributed by atoms with Gasteiger partial charge >= 0.3 is 5.97 Å². The average Bonchev–Trinajstić information content (AvgIpc) is 3.72. The molecule has 5 aliphatic rings. The maximum absolute atomic E-state index is 13.1. The van der Waals surface area contributed by atoms with Crippen molar-refractivity contribution in [1.82, 2.24) is 9.88 Å². The third-order valence-electron chi connectivity index (χ3n) is 13.5. The SMILES string of the molecule is C[C@@H](COc1ccnc2c1[C@H](C)CCC2)CC1Cc2cc3c(cc2C12CCC(Nc1cccc(Cl)c1)(C(=O)O)CC2)OCC(CN(C)CC1CCOC1)CO3. The first-order valence-electron chi connectivity index (χ1n) is 20.7. The van der Waals surface area contributed by atoms with Crippen molar-refractivity contribution in [3.8, 4) is 17.2 Å². The van der Waals surface area contributed by atoms with Crippen LogP contribution in [0.15, 0.2) is 48.7 Å². The van der Waals surface area contributed by atoms with Crippen molar-refractivity contribution < 1.29 is 28.8 Å². The summed E-state index contributed by atoms with van der Waals surface area (Å²) < 4.78 is 25.4. The second-order valence-corrected chi connectivity index (χ2v) is 18.0. The Morgan fingerprint density at radius 2 is 1.84 bits per heavy atom. The monoisotopic (exact) mass is 771 g/mol. The summed E-state index contributed by atoms with van der Waals surface area (Å²) >= 11 is 6.32. The topological polar surface area (TPSA) is 102 Å². The van der Waals surface area contributed by atoms with E-state index in [1.165, 1.54) is 35.2 Å². The van der Waals surface area contributed by atoms with Gasteiger partial charge in [-0.25, -0.2) is 4.79 Å². The summed E-state index contributed by atoms with van der Waals surface area (Å²) in [7, 11) is 2.19. The standard InChI is InChI=1S/C45H58ClN3O6/c1-29(25-53-39-10-16-47-38-9-4-6-30(2)42(38)39)18-34-19-33-20-40-41(55-28-32(27-54-40)24-49(3)23-31-11-17-52-26-31)22-37(33)44(34)12-14-45(15-13-44,43(50)51)48-36-8-5-7-35(46)21-36/h5,7-8,10,16,20-22,29-32,34,48H,4,6,9,11-15,17-19,23-28H2,1-3H3,(H,50,51)/t29-,30-,31?,32?,34?,44?,45?/m1/s1. The molecule has 5 atom stereocenters. The highest BCUT2D eigenvalue weighted by atomic mass is 35.5. The number of nitrogens with one attached hydrogen (secondary N) is 1. The number of carboxylic acid groups (broad SMARTS) is 1. The van der Waals surface area contributed by atoms with Crippen molar-refractivity contribution in [2.24, 2.45) is 23.7 Å². The van der Waals surface area contributed by atoms with Crippen LogP contribution in [-0.4, -0.2) is 79.7 Å². The van der Waals surface area contributed by atoms with Crippen LogP contribution in [0.1, 0.15) is 93.5 Å². The van der Waals surface area contributed by atoms with Gasteiger partial charge in [-0.3, -0.25) is 4.98 Å². The first-order chi connectivity index (χ1) is 26.6. The molecule has 9 nitrogen and oxygen atoms in total. The van der Waals surface area contributed by atoms with E-state index in [0.29, 0.717) is 61.4 Å². The number of rotatable bonds is 12. The minimum absolute atomic E-state index is 0.184. The second-order valence-electron chi connectivity index (χ2n) is 17.6.